The molecule has 0 aliphatic carbocycles. The normalized spacial score (nSPS) is 18.8. The van der Waals surface area contributed by atoms with Crippen LogP contribution in [0.1, 0.15) is 23.7 Å². The Kier molecular flexibility index (Phi) is 5.82. The third-order valence-electron chi connectivity index (χ3n) is 3.88. The third kappa shape index (κ3) is 4.70. The average Bonchev–Trinajstić information content (AvgIpc) is 2.92. The van der Waals surface area contributed by atoms with E-state index in [4.69, 9.17) is 9.47 Å². The van der Waals surface area contributed by atoms with Crippen molar-refractivity contribution in [3.05, 3.63) is 29.8 Å². The molecule has 1 heterocycles. The van der Waals surface area contributed by atoms with Gasteiger partial charge >= 0.3 is 5.97 Å². The van der Waals surface area contributed by atoms with E-state index in [9.17, 15) is 18.0 Å². The minimum atomic E-state index is -3.07. The van der Waals surface area contributed by atoms with Gasteiger partial charge in [0.25, 0.3) is 5.91 Å². The van der Waals surface area contributed by atoms with Gasteiger partial charge < -0.3 is 14.4 Å². The molecule has 1 fully saturated rings. The summed E-state index contributed by atoms with van der Waals surface area (Å²) >= 11 is 0. The van der Waals surface area contributed by atoms with E-state index in [-0.39, 0.29) is 17.5 Å². The first-order chi connectivity index (χ1) is 11.3. The van der Waals surface area contributed by atoms with E-state index in [1.54, 1.807) is 24.3 Å². The molecule has 1 amide bonds. The van der Waals surface area contributed by atoms with Crippen molar-refractivity contribution >= 4 is 21.7 Å². The minimum Gasteiger partial charge on any atom is -0.494 e. The van der Waals surface area contributed by atoms with Crippen molar-refractivity contribution in [3.63, 3.8) is 0 Å². The van der Waals surface area contributed by atoms with Crippen LogP contribution in [-0.2, 0) is 19.4 Å². The number of rotatable bonds is 6. The molecule has 1 aliphatic rings. The Morgan fingerprint density at radius 2 is 1.92 bits per heavy atom. The molecule has 24 heavy (non-hydrogen) atoms. The first-order valence-corrected chi connectivity index (χ1v) is 9.50. The molecule has 1 saturated heterocycles. The lowest BCUT2D eigenvalue weighted by Gasteiger charge is -2.23. The number of carbonyl (C=O) groups excluding carboxylic acids is 2. The van der Waals surface area contributed by atoms with E-state index in [2.05, 4.69) is 0 Å². The molecule has 0 bridgehead atoms. The maximum absolute atomic E-state index is 12.1. The molecular formula is C16H21NO6S. The number of esters is 1. The molecule has 7 nitrogen and oxygen atoms in total. The molecule has 1 atom stereocenters. The molecule has 0 aromatic heterocycles. The average molecular weight is 355 g/mol. The van der Waals surface area contributed by atoms with Crippen LogP contribution in [0.25, 0.3) is 0 Å². The highest BCUT2D eigenvalue weighted by Crippen LogP contribution is 2.17. The van der Waals surface area contributed by atoms with Crippen LogP contribution in [0.2, 0.25) is 0 Å². The van der Waals surface area contributed by atoms with Gasteiger partial charge in [0.1, 0.15) is 5.75 Å². The first-order valence-electron chi connectivity index (χ1n) is 7.68. The van der Waals surface area contributed by atoms with E-state index >= 15 is 0 Å². The van der Waals surface area contributed by atoms with Gasteiger partial charge in [0.05, 0.1) is 23.7 Å². The van der Waals surface area contributed by atoms with Crippen molar-refractivity contribution in [2.45, 2.75) is 19.4 Å². The lowest BCUT2D eigenvalue weighted by atomic mass is 10.2. The number of ether oxygens (including phenoxy) is 2. The number of likely N-dealkylation sites (N-methyl/N-ethyl adjacent to an activating group) is 1. The van der Waals surface area contributed by atoms with Crippen LogP contribution in [0, 0.1) is 0 Å². The van der Waals surface area contributed by atoms with Crippen LogP contribution in [0.4, 0.5) is 0 Å². The SMILES string of the molecule is CCOc1ccc(C(=O)OCC(=O)N(C)[C@@H]2CCS(=O)(=O)C2)cc1. The zero-order valence-corrected chi connectivity index (χ0v) is 14.5. The first kappa shape index (κ1) is 18.3. The van der Waals surface area contributed by atoms with Gasteiger partial charge in [-0.15, -0.1) is 0 Å². The summed E-state index contributed by atoms with van der Waals surface area (Å²) in [7, 11) is -1.54. The summed E-state index contributed by atoms with van der Waals surface area (Å²) in [5.41, 5.74) is 0.317. The fourth-order valence-electron chi connectivity index (χ4n) is 2.45. The Labute approximate surface area is 141 Å². The van der Waals surface area contributed by atoms with Crippen molar-refractivity contribution in [1.29, 1.82) is 0 Å². The Morgan fingerprint density at radius 3 is 2.46 bits per heavy atom. The van der Waals surface area contributed by atoms with Crippen LogP contribution in [-0.4, -0.2) is 63.0 Å². The molecule has 0 N–H and O–H groups in total. The van der Waals surface area contributed by atoms with Crippen LogP contribution >= 0.6 is 0 Å². The van der Waals surface area contributed by atoms with Crippen LogP contribution < -0.4 is 4.74 Å². The van der Waals surface area contributed by atoms with Gasteiger partial charge in [0.15, 0.2) is 16.4 Å². The summed E-state index contributed by atoms with van der Waals surface area (Å²) in [5.74, 6) is -0.342. The number of sulfone groups is 1. The summed E-state index contributed by atoms with van der Waals surface area (Å²) in [5, 5.41) is 0. The molecule has 0 saturated carbocycles. The molecule has 0 spiro atoms. The van der Waals surface area contributed by atoms with Gasteiger partial charge in [-0.25, -0.2) is 13.2 Å². The molecule has 2 rings (SSSR count). The van der Waals surface area contributed by atoms with Crippen molar-refractivity contribution in [2.75, 3.05) is 31.8 Å². The van der Waals surface area contributed by atoms with Crippen molar-refractivity contribution in [3.8, 4) is 5.75 Å². The Hall–Kier alpha value is -2.09. The van der Waals surface area contributed by atoms with Crippen molar-refractivity contribution < 1.29 is 27.5 Å². The largest absolute Gasteiger partial charge is 0.494 e. The standard InChI is InChI=1S/C16H21NO6S/c1-3-22-14-6-4-12(5-7-14)16(19)23-10-15(18)17(2)13-8-9-24(20,21)11-13/h4-7,13H,3,8-11H2,1-2H3/t13-/m1/s1. The second-order valence-electron chi connectivity index (χ2n) is 5.60. The van der Waals surface area contributed by atoms with Gasteiger partial charge in [0, 0.05) is 13.1 Å². The number of carbonyl (C=O) groups is 2. The number of nitrogens with zero attached hydrogens (tertiary/aromatic N) is 1. The zero-order valence-electron chi connectivity index (χ0n) is 13.7. The number of amides is 1. The topological polar surface area (TPSA) is 90.0 Å². The van der Waals surface area contributed by atoms with E-state index in [0.29, 0.717) is 24.3 Å². The van der Waals surface area contributed by atoms with Gasteiger partial charge in [-0.2, -0.15) is 0 Å². The highest BCUT2D eigenvalue weighted by molar-refractivity contribution is 7.91. The summed E-state index contributed by atoms with van der Waals surface area (Å²) in [6.07, 6.45) is 0.414. The Bertz CT molecular complexity index is 698. The quantitative estimate of drug-likeness (QED) is 0.704. The van der Waals surface area contributed by atoms with Crippen molar-refractivity contribution in [1.82, 2.24) is 4.90 Å². The molecule has 0 radical (unpaired) electrons. The zero-order chi connectivity index (χ0) is 17.7. The van der Waals surface area contributed by atoms with Gasteiger partial charge in [-0.05, 0) is 37.6 Å². The third-order valence-corrected chi connectivity index (χ3v) is 5.63. The van der Waals surface area contributed by atoms with Crippen LogP contribution in [0.15, 0.2) is 24.3 Å². The highest BCUT2D eigenvalue weighted by atomic mass is 32.2. The van der Waals surface area contributed by atoms with Gasteiger partial charge in [0.2, 0.25) is 0 Å². The second-order valence-corrected chi connectivity index (χ2v) is 7.82. The molecule has 132 valence electrons. The fraction of sp³-hybridized carbons (Fsp3) is 0.500. The van der Waals surface area contributed by atoms with E-state index < -0.39 is 28.3 Å². The number of benzene rings is 1. The predicted molar refractivity (Wildman–Crippen MR) is 87.7 cm³/mol. The molecule has 0 unspecified atom stereocenters. The smallest absolute Gasteiger partial charge is 0.338 e. The van der Waals surface area contributed by atoms with E-state index in [1.165, 1.54) is 11.9 Å². The van der Waals surface area contributed by atoms with Crippen LogP contribution in [0.3, 0.4) is 0 Å². The Morgan fingerprint density at radius 1 is 1.25 bits per heavy atom. The summed E-state index contributed by atoms with van der Waals surface area (Å²) in [6, 6.07) is 6.07. The fourth-order valence-corrected chi connectivity index (χ4v) is 4.23. The summed E-state index contributed by atoms with van der Waals surface area (Å²) < 4.78 is 33.2. The molecular weight excluding hydrogens is 334 g/mol. The molecule has 8 heteroatoms. The monoisotopic (exact) mass is 355 g/mol. The highest BCUT2D eigenvalue weighted by Gasteiger charge is 2.32. The summed E-state index contributed by atoms with van der Waals surface area (Å²) in [4.78, 5) is 25.3. The maximum Gasteiger partial charge on any atom is 0.338 e. The number of hydrogen-bond donors (Lipinski definition) is 0. The van der Waals surface area contributed by atoms with Gasteiger partial charge in [-0.3, -0.25) is 4.79 Å². The second kappa shape index (κ2) is 7.65. The van der Waals surface area contributed by atoms with Gasteiger partial charge in [-0.1, -0.05) is 0 Å². The van der Waals surface area contributed by atoms with E-state index in [1.807, 2.05) is 6.92 Å². The Balaban J connectivity index is 1.85. The number of hydrogen-bond acceptors (Lipinski definition) is 6. The molecule has 1 aliphatic heterocycles. The predicted octanol–water partition coefficient (Wildman–Crippen LogP) is 0.888. The van der Waals surface area contributed by atoms with Crippen molar-refractivity contribution in [2.24, 2.45) is 0 Å². The minimum absolute atomic E-state index is 0.0396. The van der Waals surface area contributed by atoms with Crippen LogP contribution in [0.5, 0.6) is 5.75 Å². The maximum atomic E-state index is 12.1. The lowest BCUT2D eigenvalue weighted by molar-refractivity contribution is -0.134. The molecule has 1 aromatic rings. The lowest BCUT2D eigenvalue weighted by Crippen LogP contribution is -2.40. The summed E-state index contributed by atoms with van der Waals surface area (Å²) in [6.45, 7) is 1.97. The van der Waals surface area contributed by atoms with E-state index in [0.717, 1.165) is 0 Å². The molecule has 1 aromatic carbocycles.